The summed E-state index contributed by atoms with van der Waals surface area (Å²) >= 11 is 0. The monoisotopic (exact) mass is 308 g/mol. The second kappa shape index (κ2) is 6.52. The van der Waals surface area contributed by atoms with Crippen LogP contribution in [-0.2, 0) is 4.74 Å². The van der Waals surface area contributed by atoms with Gasteiger partial charge in [0.15, 0.2) is 0 Å². The maximum atomic E-state index is 5.88. The van der Waals surface area contributed by atoms with E-state index in [-0.39, 0.29) is 6.10 Å². The fourth-order valence-corrected chi connectivity index (χ4v) is 3.13. The summed E-state index contributed by atoms with van der Waals surface area (Å²) in [5.74, 6) is 0.976. The quantitative estimate of drug-likeness (QED) is 0.873. The second-order valence-corrected chi connectivity index (χ2v) is 5.98. The van der Waals surface area contributed by atoms with Crippen LogP contribution >= 0.6 is 0 Å². The zero-order chi connectivity index (χ0) is 15.5. The zero-order valence-corrected chi connectivity index (χ0v) is 13.0. The van der Waals surface area contributed by atoms with E-state index >= 15 is 0 Å². The first-order chi connectivity index (χ1) is 11.4. The summed E-state index contributed by atoms with van der Waals surface area (Å²) in [5, 5.41) is 0. The number of nitrogens with zero attached hydrogens (tertiary/aromatic N) is 2. The predicted octanol–water partition coefficient (Wildman–Crippen LogP) is 2.93. The summed E-state index contributed by atoms with van der Waals surface area (Å²) in [6, 6.07) is 14.2. The molecule has 0 N–H and O–H groups in total. The van der Waals surface area contributed by atoms with Crippen LogP contribution in [0, 0.1) is 0 Å². The van der Waals surface area contributed by atoms with E-state index in [1.165, 1.54) is 11.1 Å². The number of fused-ring (bicyclic) bond motifs is 1. The van der Waals surface area contributed by atoms with Gasteiger partial charge in [-0.05, 0) is 29.8 Å². The molecule has 1 aromatic heterocycles. The van der Waals surface area contributed by atoms with Gasteiger partial charge in [0.2, 0.25) is 0 Å². The molecule has 1 aromatic carbocycles. The molecular weight excluding hydrogens is 288 g/mol. The number of morpholine rings is 1. The summed E-state index contributed by atoms with van der Waals surface area (Å²) in [5.41, 5.74) is 3.49. The molecule has 0 bridgehead atoms. The minimum absolute atomic E-state index is 0.0577. The topological polar surface area (TPSA) is 34.6 Å². The average molecular weight is 308 g/mol. The lowest BCUT2D eigenvalue weighted by Gasteiger charge is -2.33. The van der Waals surface area contributed by atoms with Crippen molar-refractivity contribution in [3.05, 3.63) is 65.5 Å². The van der Waals surface area contributed by atoms with Gasteiger partial charge in [-0.1, -0.05) is 24.3 Å². The van der Waals surface area contributed by atoms with Crippen molar-refractivity contribution < 1.29 is 9.47 Å². The van der Waals surface area contributed by atoms with Crippen molar-refractivity contribution in [2.45, 2.75) is 6.10 Å². The molecule has 1 fully saturated rings. The summed E-state index contributed by atoms with van der Waals surface area (Å²) < 4.78 is 11.7. The van der Waals surface area contributed by atoms with E-state index in [1.807, 2.05) is 42.6 Å². The van der Waals surface area contributed by atoms with Crippen LogP contribution in [-0.4, -0.2) is 42.7 Å². The predicted molar refractivity (Wildman–Crippen MR) is 89.3 cm³/mol. The third kappa shape index (κ3) is 3.28. The lowest BCUT2D eigenvalue weighted by molar-refractivity contribution is -0.0294. The van der Waals surface area contributed by atoms with Crippen LogP contribution in [0.25, 0.3) is 6.08 Å². The Balaban J connectivity index is 1.44. The maximum absolute atomic E-state index is 5.88. The van der Waals surface area contributed by atoms with Crippen LogP contribution in [0.1, 0.15) is 17.4 Å². The lowest BCUT2D eigenvalue weighted by atomic mass is 10.1. The Morgan fingerprint density at radius 2 is 2.04 bits per heavy atom. The van der Waals surface area contributed by atoms with Crippen LogP contribution in [0.4, 0.5) is 0 Å². The largest absolute Gasteiger partial charge is 0.489 e. The molecule has 0 spiro atoms. The molecule has 0 amide bonds. The fourth-order valence-electron chi connectivity index (χ4n) is 3.13. The van der Waals surface area contributed by atoms with Crippen molar-refractivity contribution >= 4 is 6.08 Å². The number of aromatic nitrogens is 1. The first-order valence-corrected chi connectivity index (χ1v) is 8.05. The highest BCUT2D eigenvalue weighted by Crippen LogP contribution is 2.27. The summed E-state index contributed by atoms with van der Waals surface area (Å²) in [6.45, 7) is 4.15. The maximum Gasteiger partial charge on any atom is 0.127 e. The molecule has 23 heavy (non-hydrogen) atoms. The first-order valence-electron chi connectivity index (χ1n) is 8.05. The van der Waals surface area contributed by atoms with Crippen molar-refractivity contribution in [2.75, 3.05) is 32.8 Å². The number of ether oxygens (including phenoxy) is 2. The van der Waals surface area contributed by atoms with Crippen molar-refractivity contribution in [3.8, 4) is 5.75 Å². The van der Waals surface area contributed by atoms with Gasteiger partial charge in [-0.2, -0.15) is 0 Å². The van der Waals surface area contributed by atoms with Crippen LogP contribution in [0.15, 0.2) is 54.2 Å². The molecule has 4 heteroatoms. The van der Waals surface area contributed by atoms with E-state index in [0.29, 0.717) is 6.61 Å². The van der Waals surface area contributed by atoms with Gasteiger partial charge in [0.05, 0.1) is 12.3 Å². The Kier molecular flexibility index (Phi) is 4.09. The number of para-hydroxylation sites is 1. The molecule has 1 saturated heterocycles. The van der Waals surface area contributed by atoms with E-state index in [4.69, 9.17) is 9.47 Å². The van der Waals surface area contributed by atoms with Gasteiger partial charge in [-0.25, -0.2) is 0 Å². The van der Waals surface area contributed by atoms with E-state index < -0.39 is 0 Å². The van der Waals surface area contributed by atoms with Crippen LogP contribution in [0.5, 0.6) is 5.75 Å². The zero-order valence-electron chi connectivity index (χ0n) is 13.0. The van der Waals surface area contributed by atoms with Gasteiger partial charge in [0.25, 0.3) is 0 Å². The van der Waals surface area contributed by atoms with Gasteiger partial charge in [-0.3, -0.25) is 9.88 Å². The van der Waals surface area contributed by atoms with E-state index in [2.05, 4.69) is 22.0 Å². The second-order valence-electron chi connectivity index (χ2n) is 5.98. The fraction of sp³-hybridized carbons (Fsp3) is 0.316. The first kappa shape index (κ1) is 14.4. The minimum atomic E-state index is 0.0577. The highest BCUT2D eigenvalue weighted by atomic mass is 16.5. The van der Waals surface area contributed by atoms with E-state index in [1.54, 1.807) is 0 Å². The van der Waals surface area contributed by atoms with Gasteiger partial charge in [0, 0.05) is 31.4 Å². The molecule has 2 aliphatic heterocycles. The Morgan fingerprint density at radius 3 is 2.96 bits per heavy atom. The molecule has 0 saturated carbocycles. The van der Waals surface area contributed by atoms with E-state index in [9.17, 15) is 0 Å². The minimum Gasteiger partial charge on any atom is -0.489 e. The molecule has 0 aliphatic carbocycles. The van der Waals surface area contributed by atoms with E-state index in [0.717, 1.165) is 37.7 Å². The number of benzene rings is 1. The molecule has 4 nitrogen and oxygen atoms in total. The summed E-state index contributed by atoms with van der Waals surface area (Å²) in [4.78, 5) is 6.85. The van der Waals surface area contributed by atoms with Crippen molar-refractivity contribution in [2.24, 2.45) is 0 Å². The number of hydrogen-bond acceptors (Lipinski definition) is 4. The Bertz CT molecular complexity index is 700. The smallest absolute Gasteiger partial charge is 0.127 e. The van der Waals surface area contributed by atoms with Gasteiger partial charge >= 0.3 is 0 Å². The van der Waals surface area contributed by atoms with Crippen LogP contribution in [0.2, 0.25) is 0 Å². The molecule has 2 aliphatic rings. The van der Waals surface area contributed by atoms with Crippen molar-refractivity contribution in [1.82, 2.24) is 9.88 Å². The summed E-state index contributed by atoms with van der Waals surface area (Å²) in [6.07, 6.45) is 4.14. The third-order valence-corrected chi connectivity index (χ3v) is 4.29. The van der Waals surface area contributed by atoms with Gasteiger partial charge in [0.1, 0.15) is 18.5 Å². The van der Waals surface area contributed by atoms with Gasteiger partial charge in [-0.15, -0.1) is 0 Å². The molecule has 4 rings (SSSR count). The number of rotatable bonds is 3. The SMILES string of the molecule is C1=C(CN2CCO[C@H](c3ccccn3)C2)COc2ccccc21. The number of hydrogen-bond donors (Lipinski definition) is 0. The normalized spacial score (nSPS) is 21.2. The lowest BCUT2D eigenvalue weighted by Crippen LogP contribution is -2.40. The van der Waals surface area contributed by atoms with Crippen LogP contribution in [0.3, 0.4) is 0 Å². The van der Waals surface area contributed by atoms with Crippen LogP contribution < -0.4 is 4.74 Å². The third-order valence-electron chi connectivity index (χ3n) is 4.29. The molecule has 118 valence electrons. The number of pyridine rings is 1. The Hall–Kier alpha value is -2.17. The molecular formula is C19H20N2O2. The highest BCUT2D eigenvalue weighted by molar-refractivity contribution is 5.62. The molecule has 0 unspecified atom stereocenters. The van der Waals surface area contributed by atoms with Gasteiger partial charge < -0.3 is 9.47 Å². The highest BCUT2D eigenvalue weighted by Gasteiger charge is 2.24. The molecule has 1 atom stereocenters. The molecule has 2 aromatic rings. The Morgan fingerprint density at radius 1 is 1.13 bits per heavy atom. The Labute approximate surface area is 136 Å². The average Bonchev–Trinajstić information content (AvgIpc) is 2.63. The molecule has 3 heterocycles. The molecule has 0 radical (unpaired) electrons. The summed E-state index contributed by atoms with van der Waals surface area (Å²) in [7, 11) is 0. The van der Waals surface area contributed by atoms with Crippen molar-refractivity contribution in [3.63, 3.8) is 0 Å². The van der Waals surface area contributed by atoms with Crippen molar-refractivity contribution in [1.29, 1.82) is 0 Å². The standard InChI is InChI=1S/C19H20N2O2/c1-2-7-18-16(5-1)11-15(14-23-18)12-21-9-10-22-19(13-21)17-6-3-4-8-20-17/h1-8,11,19H,9-10,12-14H2/t19-/m0/s1.